The van der Waals surface area contributed by atoms with Crippen molar-refractivity contribution in [3.8, 4) is 22.3 Å². The molecule has 0 aromatic heterocycles. The number of hydrogen-bond donors (Lipinski definition) is 0. The van der Waals surface area contributed by atoms with E-state index < -0.39 is 0 Å². The van der Waals surface area contributed by atoms with Gasteiger partial charge < -0.3 is 0 Å². The van der Waals surface area contributed by atoms with E-state index in [2.05, 4.69) is 120 Å². The maximum atomic E-state index is 4.11. The van der Waals surface area contributed by atoms with E-state index in [1.165, 1.54) is 159 Å². The highest BCUT2D eigenvalue weighted by Gasteiger charge is 2.48. The molecule has 0 unspecified atom stereocenters. The van der Waals surface area contributed by atoms with Crippen molar-refractivity contribution < 1.29 is 0 Å². The highest BCUT2D eigenvalue weighted by molar-refractivity contribution is 9.11. The van der Waals surface area contributed by atoms with Crippen molar-refractivity contribution in [2.45, 2.75) is 167 Å². The second-order valence-corrected chi connectivity index (χ2v) is 17.6. The van der Waals surface area contributed by atoms with Gasteiger partial charge in [0.15, 0.2) is 0 Å². The maximum absolute atomic E-state index is 4.11. The standard InChI is InChI=1S/C48H62Br2/c1-5-9-13-19-27-47(28-20-14-10-6-2)41-31-35(49)25-26-36(41)39-32-43-40(33-42(39)47)46-38-24-18-17-23-37(38)45(50)34-44(46)48(43,29-21-15-11-7-3)30-22-16-12-8-4/h17-18,23-26,31-34H,5-16,19-22,27-30H2,1-4H3. The first kappa shape index (κ1) is 37.8. The third kappa shape index (κ3) is 7.20. The molecule has 0 amide bonds. The Morgan fingerprint density at radius 3 is 1.42 bits per heavy atom. The molecule has 6 rings (SSSR count). The van der Waals surface area contributed by atoms with Crippen molar-refractivity contribution in [1.82, 2.24) is 0 Å². The molecule has 0 bridgehead atoms. The molecule has 2 aliphatic carbocycles. The molecule has 0 nitrogen and oxygen atoms in total. The molecule has 4 aromatic rings. The molecule has 268 valence electrons. The molecular weight excluding hydrogens is 736 g/mol. The van der Waals surface area contributed by atoms with Gasteiger partial charge in [-0.25, -0.2) is 0 Å². The van der Waals surface area contributed by atoms with Crippen LogP contribution in [0.5, 0.6) is 0 Å². The summed E-state index contributed by atoms with van der Waals surface area (Å²) in [6.45, 7) is 9.38. The van der Waals surface area contributed by atoms with Crippen molar-refractivity contribution in [1.29, 1.82) is 0 Å². The summed E-state index contributed by atoms with van der Waals surface area (Å²) in [4.78, 5) is 0. The minimum atomic E-state index is 0.0523. The van der Waals surface area contributed by atoms with Crippen molar-refractivity contribution in [2.75, 3.05) is 0 Å². The maximum Gasteiger partial charge on any atom is 0.0257 e. The van der Waals surface area contributed by atoms with Crippen LogP contribution in [0.1, 0.15) is 178 Å². The fraction of sp³-hybridized carbons (Fsp3) is 0.542. The molecule has 0 saturated carbocycles. The van der Waals surface area contributed by atoms with Crippen LogP contribution in [0.4, 0.5) is 0 Å². The summed E-state index contributed by atoms with van der Waals surface area (Å²) in [6.07, 6.45) is 26.0. The first-order chi connectivity index (χ1) is 24.5. The lowest BCUT2D eigenvalue weighted by Crippen LogP contribution is -2.27. The van der Waals surface area contributed by atoms with Gasteiger partial charge in [0, 0.05) is 19.8 Å². The van der Waals surface area contributed by atoms with Gasteiger partial charge in [0.25, 0.3) is 0 Å². The van der Waals surface area contributed by atoms with Gasteiger partial charge in [-0.3, -0.25) is 0 Å². The van der Waals surface area contributed by atoms with Crippen LogP contribution in [0.3, 0.4) is 0 Å². The summed E-state index contributed by atoms with van der Waals surface area (Å²) < 4.78 is 2.49. The molecule has 4 aromatic carbocycles. The Bertz CT molecular complexity index is 1720. The number of benzene rings is 4. The Morgan fingerprint density at radius 2 is 0.880 bits per heavy atom. The van der Waals surface area contributed by atoms with Gasteiger partial charge in [0.2, 0.25) is 0 Å². The smallest absolute Gasteiger partial charge is 0.0257 e. The molecule has 0 saturated heterocycles. The second-order valence-electron chi connectivity index (χ2n) is 15.9. The van der Waals surface area contributed by atoms with Gasteiger partial charge in [-0.1, -0.05) is 193 Å². The Kier molecular flexibility index (Phi) is 13.1. The number of fused-ring (bicyclic) bond motifs is 8. The highest BCUT2D eigenvalue weighted by atomic mass is 79.9. The normalized spacial score (nSPS) is 14.9. The van der Waals surface area contributed by atoms with Gasteiger partial charge in [-0.2, -0.15) is 0 Å². The van der Waals surface area contributed by atoms with Crippen molar-refractivity contribution >= 4 is 42.6 Å². The molecule has 0 spiro atoms. The lowest BCUT2D eigenvalue weighted by Gasteiger charge is -2.35. The summed E-state index contributed by atoms with van der Waals surface area (Å²) in [5.41, 5.74) is 12.7. The van der Waals surface area contributed by atoms with E-state index in [-0.39, 0.29) is 10.8 Å². The van der Waals surface area contributed by atoms with Crippen molar-refractivity contribution in [2.24, 2.45) is 0 Å². The predicted octanol–water partition coefficient (Wildman–Crippen LogP) is 16.8. The summed E-state index contributed by atoms with van der Waals surface area (Å²) in [5, 5.41) is 2.78. The topological polar surface area (TPSA) is 0 Å². The Morgan fingerprint density at radius 1 is 0.420 bits per heavy atom. The monoisotopic (exact) mass is 796 g/mol. The van der Waals surface area contributed by atoms with Crippen LogP contribution in [0.25, 0.3) is 33.0 Å². The summed E-state index contributed by atoms with van der Waals surface area (Å²) >= 11 is 8.06. The Labute approximate surface area is 321 Å². The first-order valence-corrected chi connectivity index (χ1v) is 22.3. The van der Waals surface area contributed by atoms with Crippen LogP contribution in [0.2, 0.25) is 0 Å². The first-order valence-electron chi connectivity index (χ1n) is 20.7. The minimum Gasteiger partial charge on any atom is -0.0654 e. The molecule has 0 aliphatic heterocycles. The van der Waals surface area contributed by atoms with E-state index in [4.69, 9.17) is 0 Å². The molecule has 50 heavy (non-hydrogen) atoms. The minimum absolute atomic E-state index is 0.0523. The van der Waals surface area contributed by atoms with Gasteiger partial charge in [0.1, 0.15) is 0 Å². The third-order valence-corrected chi connectivity index (χ3v) is 13.7. The highest BCUT2D eigenvalue weighted by Crippen LogP contribution is 2.62. The van der Waals surface area contributed by atoms with Gasteiger partial charge in [-0.05, 0) is 111 Å². The van der Waals surface area contributed by atoms with E-state index in [0.29, 0.717) is 0 Å². The molecular formula is C48H62Br2. The fourth-order valence-electron chi connectivity index (χ4n) is 10.00. The SMILES string of the molecule is CCCCCCC1(CCCCCC)c2cc(Br)ccc2-c2cc3c(cc21)-c1c(cc(Br)c2ccccc12)C3(CCCCCC)CCCCCC. The van der Waals surface area contributed by atoms with Crippen LogP contribution < -0.4 is 0 Å². The molecule has 2 heteroatoms. The van der Waals surface area contributed by atoms with Crippen molar-refractivity contribution in [3.05, 3.63) is 91.9 Å². The molecule has 0 radical (unpaired) electrons. The lowest BCUT2D eigenvalue weighted by atomic mass is 9.68. The largest absolute Gasteiger partial charge is 0.0654 e. The second kappa shape index (κ2) is 17.3. The number of unbranched alkanes of at least 4 members (excludes halogenated alkanes) is 12. The van der Waals surface area contributed by atoms with Gasteiger partial charge >= 0.3 is 0 Å². The van der Waals surface area contributed by atoms with E-state index in [1.54, 1.807) is 33.4 Å². The zero-order valence-corrected chi connectivity index (χ0v) is 34.8. The lowest BCUT2D eigenvalue weighted by molar-refractivity contribution is 0.397. The third-order valence-electron chi connectivity index (χ3n) is 12.6. The summed E-state index contributed by atoms with van der Waals surface area (Å²) in [6, 6.07) is 24.6. The average molecular weight is 799 g/mol. The van der Waals surface area contributed by atoms with Crippen LogP contribution in [-0.4, -0.2) is 0 Å². The van der Waals surface area contributed by atoms with Crippen LogP contribution in [-0.2, 0) is 10.8 Å². The zero-order valence-electron chi connectivity index (χ0n) is 31.7. The summed E-state index contributed by atoms with van der Waals surface area (Å²) in [5.74, 6) is 0. The number of rotatable bonds is 20. The van der Waals surface area contributed by atoms with Gasteiger partial charge in [0.05, 0.1) is 0 Å². The van der Waals surface area contributed by atoms with Crippen LogP contribution >= 0.6 is 31.9 Å². The average Bonchev–Trinajstić information content (AvgIpc) is 3.54. The summed E-state index contributed by atoms with van der Waals surface area (Å²) in [7, 11) is 0. The van der Waals surface area contributed by atoms with E-state index >= 15 is 0 Å². The van der Waals surface area contributed by atoms with Gasteiger partial charge in [-0.15, -0.1) is 0 Å². The van der Waals surface area contributed by atoms with E-state index in [0.717, 1.165) is 0 Å². The fourth-order valence-corrected chi connectivity index (χ4v) is 10.9. The van der Waals surface area contributed by atoms with Crippen LogP contribution in [0, 0.1) is 0 Å². The number of hydrogen-bond acceptors (Lipinski definition) is 0. The van der Waals surface area contributed by atoms with Crippen molar-refractivity contribution in [3.63, 3.8) is 0 Å². The van der Waals surface area contributed by atoms with E-state index in [9.17, 15) is 0 Å². The number of halogens is 2. The zero-order chi connectivity index (χ0) is 35.1. The predicted molar refractivity (Wildman–Crippen MR) is 227 cm³/mol. The molecule has 0 N–H and O–H groups in total. The van der Waals surface area contributed by atoms with Crippen LogP contribution in [0.15, 0.2) is 69.6 Å². The Hall–Kier alpha value is -1.90. The quantitative estimate of drug-likeness (QED) is 0.0782. The molecule has 2 aliphatic rings. The Balaban J connectivity index is 1.61. The molecule has 0 heterocycles. The molecule has 0 fully saturated rings. The van der Waals surface area contributed by atoms with E-state index in [1.807, 2.05) is 0 Å². The molecule has 0 atom stereocenters.